The quantitative estimate of drug-likeness (QED) is 0.548. The highest BCUT2D eigenvalue weighted by atomic mass is 16.5. The molecule has 0 saturated carbocycles. The number of hydrogen-bond acceptors (Lipinski definition) is 4. The monoisotopic (exact) mass is 433 g/mol. The molecule has 1 heterocycles. The minimum Gasteiger partial charge on any atom is -0.496 e. The highest BCUT2D eigenvalue weighted by Gasteiger charge is 2.20. The number of nitrogens with one attached hydrogen (secondary N) is 1. The van der Waals surface area contributed by atoms with Crippen LogP contribution in [-0.4, -0.2) is 29.2 Å². The second kappa shape index (κ2) is 9.51. The Morgan fingerprint density at radius 2 is 1.84 bits per heavy atom. The smallest absolute Gasteiger partial charge is 0.412 e. The van der Waals surface area contributed by atoms with Gasteiger partial charge >= 0.3 is 6.09 Å². The minimum absolute atomic E-state index is 0.0774. The number of hydrogen-bond donors (Lipinski definition) is 2. The topological polar surface area (TPSA) is 91.8 Å². The first-order valence-corrected chi connectivity index (χ1v) is 10.2. The molecule has 32 heavy (non-hydrogen) atoms. The van der Waals surface area contributed by atoms with Crippen LogP contribution < -0.4 is 15.0 Å². The van der Waals surface area contributed by atoms with Crippen molar-refractivity contribution in [1.29, 1.82) is 0 Å². The molecular formula is C25H27N3O4. The van der Waals surface area contributed by atoms with E-state index in [1.165, 1.54) is 11.8 Å². The predicted molar refractivity (Wildman–Crippen MR) is 125 cm³/mol. The van der Waals surface area contributed by atoms with Crippen LogP contribution in [0.25, 0.3) is 11.1 Å². The summed E-state index contributed by atoms with van der Waals surface area (Å²) in [4.78, 5) is 29.6. The van der Waals surface area contributed by atoms with Gasteiger partial charge in [-0.1, -0.05) is 24.3 Å². The number of aryl methyl sites for hydroxylation is 2. The molecular weight excluding hydrogens is 406 g/mol. The van der Waals surface area contributed by atoms with Gasteiger partial charge < -0.3 is 15.2 Å². The number of para-hydroxylation sites is 1. The van der Waals surface area contributed by atoms with Crippen molar-refractivity contribution in [3.05, 3.63) is 71.0 Å². The lowest BCUT2D eigenvalue weighted by molar-refractivity contribution is -0.114. The molecule has 2 amide bonds. The molecule has 7 nitrogen and oxygen atoms in total. The molecule has 0 aliphatic carbocycles. The molecule has 1 aromatic heterocycles. The van der Waals surface area contributed by atoms with E-state index in [1.807, 2.05) is 63.2 Å². The first-order chi connectivity index (χ1) is 15.2. The number of rotatable bonds is 6. The summed E-state index contributed by atoms with van der Waals surface area (Å²) in [7, 11) is 1.59. The molecule has 0 bridgehead atoms. The summed E-state index contributed by atoms with van der Waals surface area (Å²) in [5, 5.41) is 12.8. The number of anilines is 2. The lowest BCUT2D eigenvalue weighted by atomic mass is 10.00. The highest BCUT2D eigenvalue weighted by Crippen LogP contribution is 2.33. The zero-order valence-electron chi connectivity index (χ0n) is 18.9. The SMILES string of the molecule is COc1c(C)cnc(CN(C(=O)O)c2cc(C)cc(-c3ccccc3NC(C)=O)c2)c1C. The lowest BCUT2D eigenvalue weighted by Crippen LogP contribution is -2.29. The highest BCUT2D eigenvalue weighted by molar-refractivity contribution is 5.95. The van der Waals surface area contributed by atoms with E-state index in [-0.39, 0.29) is 12.5 Å². The summed E-state index contributed by atoms with van der Waals surface area (Å²) in [6.45, 7) is 7.22. The van der Waals surface area contributed by atoms with Crippen LogP contribution in [0.4, 0.5) is 16.2 Å². The molecule has 3 rings (SSSR count). The van der Waals surface area contributed by atoms with Gasteiger partial charge in [0.25, 0.3) is 0 Å². The third-order valence-electron chi connectivity index (χ3n) is 5.21. The van der Waals surface area contributed by atoms with Crippen LogP contribution in [-0.2, 0) is 11.3 Å². The lowest BCUT2D eigenvalue weighted by Gasteiger charge is -2.22. The van der Waals surface area contributed by atoms with E-state index in [0.717, 1.165) is 27.8 Å². The van der Waals surface area contributed by atoms with Crippen LogP contribution in [0.1, 0.15) is 29.3 Å². The first-order valence-electron chi connectivity index (χ1n) is 10.2. The van der Waals surface area contributed by atoms with Crippen LogP contribution in [0.5, 0.6) is 5.75 Å². The number of nitrogens with zero attached hydrogens (tertiary/aromatic N) is 2. The zero-order chi connectivity index (χ0) is 23.4. The average molecular weight is 434 g/mol. The maximum absolute atomic E-state index is 12.2. The molecule has 2 N–H and O–H groups in total. The molecule has 0 saturated heterocycles. The fraction of sp³-hybridized carbons (Fsp3) is 0.240. The van der Waals surface area contributed by atoms with Gasteiger partial charge in [-0.25, -0.2) is 4.79 Å². The number of carbonyl (C=O) groups is 2. The maximum Gasteiger partial charge on any atom is 0.412 e. The second-order valence-corrected chi connectivity index (χ2v) is 7.70. The Morgan fingerprint density at radius 3 is 2.50 bits per heavy atom. The molecule has 0 fully saturated rings. The van der Waals surface area contributed by atoms with Crippen molar-refractivity contribution in [3.8, 4) is 16.9 Å². The number of benzene rings is 2. The van der Waals surface area contributed by atoms with Crippen LogP contribution in [0, 0.1) is 20.8 Å². The maximum atomic E-state index is 12.2. The predicted octanol–water partition coefficient (Wildman–Crippen LogP) is 5.33. The number of amides is 2. The van der Waals surface area contributed by atoms with Crippen molar-refractivity contribution >= 4 is 23.4 Å². The Balaban J connectivity index is 2.06. The Hall–Kier alpha value is -3.87. The molecule has 0 unspecified atom stereocenters. The van der Waals surface area contributed by atoms with E-state index in [4.69, 9.17) is 4.74 Å². The van der Waals surface area contributed by atoms with Gasteiger partial charge in [-0.15, -0.1) is 0 Å². The zero-order valence-corrected chi connectivity index (χ0v) is 18.9. The molecule has 2 aromatic carbocycles. The Morgan fingerprint density at radius 1 is 1.12 bits per heavy atom. The number of carbonyl (C=O) groups excluding carboxylic acids is 1. The van der Waals surface area contributed by atoms with Crippen molar-refractivity contribution in [3.63, 3.8) is 0 Å². The Bertz CT molecular complexity index is 1170. The fourth-order valence-corrected chi connectivity index (χ4v) is 3.76. The van der Waals surface area contributed by atoms with E-state index in [9.17, 15) is 14.7 Å². The van der Waals surface area contributed by atoms with E-state index < -0.39 is 6.09 Å². The minimum atomic E-state index is -1.09. The first kappa shape index (κ1) is 22.8. The van der Waals surface area contributed by atoms with Crippen LogP contribution in [0.15, 0.2) is 48.7 Å². The molecule has 0 aliphatic rings. The van der Waals surface area contributed by atoms with Gasteiger partial charge in [-0.05, 0) is 50.1 Å². The van der Waals surface area contributed by atoms with Crippen LogP contribution in [0.2, 0.25) is 0 Å². The van der Waals surface area contributed by atoms with Gasteiger partial charge in [0.1, 0.15) is 5.75 Å². The number of carboxylic acid groups (broad SMARTS) is 1. The Kier molecular flexibility index (Phi) is 6.78. The summed E-state index contributed by atoms with van der Waals surface area (Å²) in [6.07, 6.45) is 0.601. The third kappa shape index (κ3) is 4.88. The second-order valence-electron chi connectivity index (χ2n) is 7.70. The standard InChI is InChI=1S/C25H27N3O4/c1-15-10-19(21-8-6-7-9-22(21)27-18(4)29)12-20(11-15)28(25(30)31)14-23-17(3)24(32-5)16(2)13-26-23/h6-13H,14H2,1-5H3,(H,27,29)(H,30,31). The van der Waals surface area contributed by atoms with Crippen molar-refractivity contribution in [2.45, 2.75) is 34.2 Å². The summed E-state index contributed by atoms with van der Waals surface area (Å²) < 4.78 is 5.46. The number of pyridine rings is 1. The molecule has 0 aliphatic heterocycles. The number of methoxy groups -OCH3 is 1. The van der Waals surface area contributed by atoms with E-state index in [0.29, 0.717) is 22.8 Å². The summed E-state index contributed by atoms with van der Waals surface area (Å²) in [5.74, 6) is 0.530. The number of aromatic nitrogens is 1. The van der Waals surface area contributed by atoms with Gasteiger partial charge in [0.05, 0.1) is 19.3 Å². The average Bonchev–Trinajstić information content (AvgIpc) is 2.73. The molecule has 7 heteroatoms. The van der Waals surface area contributed by atoms with E-state index >= 15 is 0 Å². The van der Waals surface area contributed by atoms with Crippen LogP contribution in [0.3, 0.4) is 0 Å². The molecule has 0 spiro atoms. The number of ether oxygens (including phenoxy) is 1. The normalized spacial score (nSPS) is 10.5. The van der Waals surface area contributed by atoms with Crippen molar-refractivity contribution < 1.29 is 19.4 Å². The molecule has 0 atom stereocenters. The Labute approximate surface area is 187 Å². The molecule has 166 valence electrons. The summed E-state index contributed by atoms with van der Waals surface area (Å²) in [5.41, 5.74) is 6.02. The van der Waals surface area contributed by atoms with Crippen molar-refractivity contribution in [2.75, 3.05) is 17.3 Å². The van der Waals surface area contributed by atoms with E-state index in [2.05, 4.69) is 10.3 Å². The van der Waals surface area contributed by atoms with Gasteiger partial charge in [0.2, 0.25) is 5.91 Å². The van der Waals surface area contributed by atoms with E-state index in [1.54, 1.807) is 13.3 Å². The van der Waals surface area contributed by atoms with Gasteiger partial charge in [-0.2, -0.15) is 0 Å². The van der Waals surface area contributed by atoms with Gasteiger partial charge in [-0.3, -0.25) is 14.7 Å². The molecule has 0 radical (unpaired) electrons. The largest absolute Gasteiger partial charge is 0.496 e. The van der Waals surface area contributed by atoms with Crippen LogP contribution >= 0.6 is 0 Å². The van der Waals surface area contributed by atoms with Crippen molar-refractivity contribution in [1.82, 2.24) is 4.98 Å². The fourth-order valence-electron chi connectivity index (χ4n) is 3.76. The van der Waals surface area contributed by atoms with Gasteiger partial charge in [0, 0.05) is 41.2 Å². The molecule has 3 aromatic rings. The summed E-state index contributed by atoms with van der Waals surface area (Å²) in [6, 6.07) is 13.0. The third-order valence-corrected chi connectivity index (χ3v) is 5.21. The van der Waals surface area contributed by atoms with Crippen molar-refractivity contribution in [2.24, 2.45) is 0 Å². The van der Waals surface area contributed by atoms with Gasteiger partial charge in [0.15, 0.2) is 0 Å². The summed E-state index contributed by atoms with van der Waals surface area (Å²) >= 11 is 0.